The first kappa shape index (κ1) is 15.7. The fourth-order valence-electron chi connectivity index (χ4n) is 2.38. The highest BCUT2D eigenvalue weighted by Gasteiger charge is 2.26. The van der Waals surface area contributed by atoms with Crippen LogP contribution in [0.4, 0.5) is 4.39 Å². The van der Waals surface area contributed by atoms with Crippen molar-refractivity contribution in [2.45, 2.75) is 40.0 Å². The molecular weight excluding hydrogens is 269 g/mol. The van der Waals surface area contributed by atoms with Crippen LogP contribution in [0.25, 0.3) is 0 Å². The first-order valence-electron chi connectivity index (χ1n) is 7.07. The summed E-state index contributed by atoms with van der Waals surface area (Å²) in [6.45, 7) is 6.86. The zero-order valence-electron chi connectivity index (χ0n) is 12.7. The van der Waals surface area contributed by atoms with Gasteiger partial charge >= 0.3 is 0 Å². The van der Waals surface area contributed by atoms with E-state index >= 15 is 0 Å². The van der Waals surface area contributed by atoms with Crippen LogP contribution in [0.5, 0.6) is 0 Å². The van der Waals surface area contributed by atoms with Gasteiger partial charge in [0.2, 0.25) is 0 Å². The van der Waals surface area contributed by atoms with Gasteiger partial charge in [-0.2, -0.15) is 0 Å². The molecule has 1 atom stereocenters. The molecule has 1 aromatic heterocycles. The third-order valence-electron chi connectivity index (χ3n) is 3.42. The first-order chi connectivity index (χ1) is 9.90. The zero-order valence-corrected chi connectivity index (χ0v) is 12.7. The van der Waals surface area contributed by atoms with E-state index in [2.05, 4.69) is 26.1 Å². The summed E-state index contributed by atoms with van der Waals surface area (Å²) in [4.78, 5) is 0. The molecule has 1 unspecified atom stereocenters. The average Bonchev–Trinajstić information content (AvgIpc) is 2.87. The highest BCUT2D eigenvalue weighted by atomic mass is 19.1. The van der Waals surface area contributed by atoms with Gasteiger partial charge in [-0.15, -0.1) is 0 Å². The molecule has 0 bridgehead atoms. The molecule has 1 heterocycles. The lowest BCUT2D eigenvalue weighted by Gasteiger charge is -2.32. The molecule has 2 N–H and O–H groups in total. The number of benzene rings is 1. The average molecular weight is 291 g/mol. The maximum atomic E-state index is 13.1. The third kappa shape index (κ3) is 4.16. The van der Waals surface area contributed by atoms with Crippen molar-refractivity contribution in [3.05, 3.63) is 59.3 Å². The Morgan fingerprint density at radius 3 is 2.24 bits per heavy atom. The van der Waals surface area contributed by atoms with E-state index < -0.39 is 0 Å². The molecule has 1 aromatic carbocycles. The van der Waals surface area contributed by atoms with Crippen LogP contribution in [0.3, 0.4) is 0 Å². The number of aliphatic hydroxyl groups excluding tert-OH is 1. The van der Waals surface area contributed by atoms with Crippen LogP contribution >= 0.6 is 0 Å². The fourth-order valence-corrected chi connectivity index (χ4v) is 2.38. The predicted molar refractivity (Wildman–Crippen MR) is 80.1 cm³/mol. The Morgan fingerprint density at radius 1 is 1.10 bits per heavy atom. The molecule has 114 valence electrons. The molecule has 4 heteroatoms. The van der Waals surface area contributed by atoms with E-state index in [0.717, 1.165) is 11.3 Å². The standard InChI is InChI=1S/C17H22FNO2/c1-17(2,3)16(12-4-6-13(18)7-5-12)19-10-14-8-9-15(11-20)21-14/h4-9,16,19-20H,10-11H2,1-3H3. The molecule has 0 spiro atoms. The van der Waals surface area contributed by atoms with E-state index in [0.29, 0.717) is 12.3 Å². The molecule has 0 amide bonds. The van der Waals surface area contributed by atoms with Crippen LogP contribution in [0, 0.1) is 11.2 Å². The van der Waals surface area contributed by atoms with Gasteiger partial charge in [-0.05, 0) is 35.2 Å². The molecular formula is C17H22FNO2. The summed E-state index contributed by atoms with van der Waals surface area (Å²) in [5.74, 6) is 1.10. The van der Waals surface area contributed by atoms with Gasteiger partial charge in [0.05, 0.1) is 6.54 Å². The number of rotatable bonds is 5. The van der Waals surface area contributed by atoms with Crippen molar-refractivity contribution in [3.8, 4) is 0 Å². The molecule has 3 nitrogen and oxygen atoms in total. The van der Waals surface area contributed by atoms with Gasteiger partial charge in [-0.1, -0.05) is 32.9 Å². The number of nitrogens with one attached hydrogen (secondary N) is 1. The maximum Gasteiger partial charge on any atom is 0.129 e. The van der Waals surface area contributed by atoms with E-state index in [9.17, 15) is 4.39 Å². The summed E-state index contributed by atoms with van der Waals surface area (Å²) in [7, 11) is 0. The Bertz CT molecular complexity index is 569. The van der Waals surface area contributed by atoms with Crippen molar-refractivity contribution in [1.29, 1.82) is 0 Å². The monoisotopic (exact) mass is 291 g/mol. The van der Waals surface area contributed by atoms with Crippen molar-refractivity contribution in [2.24, 2.45) is 5.41 Å². The predicted octanol–water partition coefficient (Wildman–Crippen LogP) is 3.79. The van der Waals surface area contributed by atoms with Gasteiger partial charge < -0.3 is 14.8 Å². The largest absolute Gasteiger partial charge is 0.462 e. The quantitative estimate of drug-likeness (QED) is 0.881. The third-order valence-corrected chi connectivity index (χ3v) is 3.42. The normalized spacial score (nSPS) is 13.4. The maximum absolute atomic E-state index is 13.1. The van der Waals surface area contributed by atoms with Crippen molar-refractivity contribution < 1.29 is 13.9 Å². The van der Waals surface area contributed by atoms with E-state index in [1.54, 1.807) is 18.2 Å². The summed E-state index contributed by atoms with van der Waals surface area (Å²) in [5, 5.41) is 12.5. The second-order valence-electron chi connectivity index (χ2n) is 6.26. The first-order valence-corrected chi connectivity index (χ1v) is 7.07. The minimum absolute atomic E-state index is 0.0236. The van der Waals surface area contributed by atoms with E-state index in [1.807, 2.05) is 6.07 Å². The molecule has 0 fully saturated rings. The topological polar surface area (TPSA) is 45.4 Å². The van der Waals surface area contributed by atoms with Crippen molar-refractivity contribution in [2.75, 3.05) is 0 Å². The highest BCUT2D eigenvalue weighted by Crippen LogP contribution is 2.33. The Balaban J connectivity index is 2.12. The number of halogens is 1. The summed E-state index contributed by atoms with van der Waals surface area (Å²) < 4.78 is 18.6. The minimum atomic E-state index is -0.231. The van der Waals surface area contributed by atoms with Crippen LogP contribution in [0.15, 0.2) is 40.8 Å². The van der Waals surface area contributed by atoms with Crippen LogP contribution in [-0.2, 0) is 13.2 Å². The molecule has 0 saturated heterocycles. The van der Waals surface area contributed by atoms with E-state index in [-0.39, 0.29) is 23.9 Å². The van der Waals surface area contributed by atoms with Crippen LogP contribution in [0.2, 0.25) is 0 Å². The van der Waals surface area contributed by atoms with Crippen LogP contribution in [-0.4, -0.2) is 5.11 Å². The molecule has 21 heavy (non-hydrogen) atoms. The van der Waals surface area contributed by atoms with Crippen molar-refractivity contribution in [1.82, 2.24) is 5.32 Å². The zero-order chi connectivity index (χ0) is 15.5. The lowest BCUT2D eigenvalue weighted by molar-refractivity contribution is 0.236. The lowest BCUT2D eigenvalue weighted by atomic mass is 9.82. The van der Waals surface area contributed by atoms with Gasteiger partial charge in [0, 0.05) is 6.04 Å². The van der Waals surface area contributed by atoms with Gasteiger partial charge in [0.1, 0.15) is 23.9 Å². The van der Waals surface area contributed by atoms with E-state index in [1.165, 1.54) is 12.1 Å². The SMILES string of the molecule is CC(C)(C)C(NCc1ccc(CO)o1)c1ccc(F)cc1. The van der Waals surface area contributed by atoms with Gasteiger partial charge in [-0.25, -0.2) is 4.39 Å². The Labute approximate surface area is 124 Å². The van der Waals surface area contributed by atoms with Gasteiger partial charge in [-0.3, -0.25) is 0 Å². The molecule has 0 aliphatic heterocycles. The molecule has 0 radical (unpaired) electrons. The molecule has 0 aliphatic carbocycles. The highest BCUT2D eigenvalue weighted by molar-refractivity contribution is 5.22. The molecule has 0 saturated carbocycles. The molecule has 2 aromatic rings. The summed E-state index contributed by atoms with van der Waals surface area (Å²) in [6, 6.07) is 10.3. The van der Waals surface area contributed by atoms with Crippen LogP contribution < -0.4 is 5.32 Å². The lowest BCUT2D eigenvalue weighted by Crippen LogP contribution is -2.31. The fraction of sp³-hybridized carbons (Fsp3) is 0.412. The van der Waals surface area contributed by atoms with Gasteiger partial charge in [0.15, 0.2) is 0 Å². The van der Waals surface area contributed by atoms with Crippen molar-refractivity contribution >= 4 is 0 Å². The number of hydrogen-bond donors (Lipinski definition) is 2. The number of hydrogen-bond acceptors (Lipinski definition) is 3. The van der Waals surface area contributed by atoms with Gasteiger partial charge in [0.25, 0.3) is 0 Å². The summed E-state index contributed by atoms with van der Waals surface area (Å²) >= 11 is 0. The summed E-state index contributed by atoms with van der Waals surface area (Å²) in [5.41, 5.74) is 1.02. The smallest absolute Gasteiger partial charge is 0.129 e. The Hall–Kier alpha value is -1.65. The summed E-state index contributed by atoms with van der Waals surface area (Å²) in [6.07, 6.45) is 0. The Morgan fingerprint density at radius 2 is 1.71 bits per heavy atom. The van der Waals surface area contributed by atoms with Crippen LogP contribution in [0.1, 0.15) is 43.9 Å². The number of aliphatic hydroxyl groups is 1. The Kier molecular flexibility index (Phi) is 4.80. The van der Waals surface area contributed by atoms with E-state index in [4.69, 9.17) is 9.52 Å². The second kappa shape index (κ2) is 6.41. The second-order valence-corrected chi connectivity index (χ2v) is 6.26. The van der Waals surface area contributed by atoms with Crippen molar-refractivity contribution in [3.63, 3.8) is 0 Å². The molecule has 2 rings (SSSR count). The number of furan rings is 1. The minimum Gasteiger partial charge on any atom is -0.462 e. The molecule has 0 aliphatic rings.